The summed E-state index contributed by atoms with van der Waals surface area (Å²) in [5, 5.41) is 13.3. The van der Waals surface area contributed by atoms with Crippen molar-refractivity contribution in [2.75, 3.05) is 18.5 Å². The molecule has 190 valence electrons. The number of amides is 1. The summed E-state index contributed by atoms with van der Waals surface area (Å²) in [6, 6.07) is 3.90. The van der Waals surface area contributed by atoms with Crippen LogP contribution < -0.4 is 5.32 Å². The standard InChI is InChI=1S/C23H28ClFN4O6/c1-6-11-29(22(33)35-23(3,4)5)21(32)28-19-17(20(31)34-7-2)15(12-30)26-18(27-19)16-13(24)9-8-10-14(16)25/h8-10,12,21,32H,6-7,11H2,1-5H3,(H,26,27,28). The van der Waals surface area contributed by atoms with E-state index in [9.17, 15) is 23.9 Å². The third kappa shape index (κ3) is 7.09. The lowest BCUT2D eigenvalue weighted by Crippen LogP contribution is -2.47. The van der Waals surface area contributed by atoms with E-state index < -0.39 is 41.1 Å². The minimum atomic E-state index is -1.74. The van der Waals surface area contributed by atoms with Crippen molar-refractivity contribution in [3.8, 4) is 11.4 Å². The Kier molecular flexibility index (Phi) is 9.49. The molecule has 0 radical (unpaired) electrons. The maximum absolute atomic E-state index is 14.6. The Morgan fingerprint density at radius 3 is 2.51 bits per heavy atom. The number of carbonyl (C=O) groups is 3. The molecule has 1 amide bonds. The number of ether oxygens (including phenoxy) is 2. The molecule has 0 saturated heterocycles. The van der Waals surface area contributed by atoms with E-state index in [4.69, 9.17) is 21.1 Å². The van der Waals surface area contributed by atoms with Gasteiger partial charge in [-0.15, -0.1) is 0 Å². The fourth-order valence-electron chi connectivity index (χ4n) is 2.97. The van der Waals surface area contributed by atoms with Gasteiger partial charge in [0.1, 0.15) is 28.5 Å². The van der Waals surface area contributed by atoms with Crippen molar-refractivity contribution in [3.63, 3.8) is 0 Å². The average molecular weight is 511 g/mol. The van der Waals surface area contributed by atoms with Crippen molar-refractivity contribution in [1.82, 2.24) is 14.9 Å². The second-order valence-corrected chi connectivity index (χ2v) is 8.69. The number of benzene rings is 1. The Bertz CT molecular complexity index is 1070. The fourth-order valence-corrected chi connectivity index (χ4v) is 3.22. The van der Waals surface area contributed by atoms with E-state index in [1.807, 2.05) is 0 Å². The highest BCUT2D eigenvalue weighted by Gasteiger charge is 2.30. The minimum Gasteiger partial charge on any atom is -0.462 e. The molecule has 10 nitrogen and oxygen atoms in total. The van der Waals surface area contributed by atoms with Crippen molar-refractivity contribution in [2.24, 2.45) is 0 Å². The second-order valence-electron chi connectivity index (χ2n) is 8.28. The lowest BCUT2D eigenvalue weighted by atomic mass is 10.1. The zero-order valence-electron chi connectivity index (χ0n) is 20.1. The van der Waals surface area contributed by atoms with Crippen LogP contribution in [-0.2, 0) is 9.47 Å². The lowest BCUT2D eigenvalue weighted by Gasteiger charge is -2.31. The SMILES string of the molecule is CCCN(C(=O)OC(C)(C)C)C(O)Nc1nc(-c2c(F)cccc2Cl)nc(C=O)c1C(=O)OCC. The van der Waals surface area contributed by atoms with Crippen LogP contribution in [0.15, 0.2) is 18.2 Å². The molecule has 0 aliphatic carbocycles. The Hall–Kier alpha value is -3.31. The maximum Gasteiger partial charge on any atom is 0.413 e. The van der Waals surface area contributed by atoms with Crippen LogP contribution in [0, 0.1) is 5.82 Å². The van der Waals surface area contributed by atoms with E-state index in [2.05, 4.69) is 15.3 Å². The normalized spacial score (nSPS) is 12.0. The molecule has 1 heterocycles. The van der Waals surface area contributed by atoms with Gasteiger partial charge in [0.05, 0.1) is 17.2 Å². The Morgan fingerprint density at radius 2 is 1.97 bits per heavy atom. The summed E-state index contributed by atoms with van der Waals surface area (Å²) in [5.74, 6) is -2.43. The number of aldehydes is 1. The number of hydrogen-bond donors (Lipinski definition) is 2. The lowest BCUT2D eigenvalue weighted by molar-refractivity contribution is -0.0198. The predicted octanol–water partition coefficient (Wildman–Crippen LogP) is 4.26. The summed E-state index contributed by atoms with van der Waals surface area (Å²) in [6.45, 7) is 8.38. The first-order valence-electron chi connectivity index (χ1n) is 10.9. The van der Waals surface area contributed by atoms with Crippen LogP contribution in [0.4, 0.5) is 15.0 Å². The number of nitrogens with one attached hydrogen (secondary N) is 1. The van der Waals surface area contributed by atoms with E-state index in [1.54, 1.807) is 34.6 Å². The molecule has 0 fully saturated rings. The number of rotatable bonds is 9. The number of hydrogen-bond acceptors (Lipinski definition) is 9. The van der Waals surface area contributed by atoms with Crippen LogP contribution in [0.3, 0.4) is 0 Å². The van der Waals surface area contributed by atoms with Crippen LogP contribution in [0.2, 0.25) is 5.02 Å². The number of aliphatic hydroxyl groups excluding tert-OH is 1. The van der Waals surface area contributed by atoms with E-state index in [0.717, 1.165) is 11.0 Å². The van der Waals surface area contributed by atoms with Crippen molar-refractivity contribution in [3.05, 3.63) is 40.3 Å². The van der Waals surface area contributed by atoms with Crippen LogP contribution in [0.1, 0.15) is 61.9 Å². The largest absolute Gasteiger partial charge is 0.462 e. The van der Waals surface area contributed by atoms with E-state index in [1.165, 1.54) is 12.1 Å². The molecule has 0 saturated carbocycles. The van der Waals surface area contributed by atoms with Gasteiger partial charge in [0.15, 0.2) is 12.1 Å². The molecule has 2 aromatic rings. The summed E-state index contributed by atoms with van der Waals surface area (Å²) >= 11 is 6.13. The summed E-state index contributed by atoms with van der Waals surface area (Å²) < 4.78 is 24.9. The van der Waals surface area contributed by atoms with Gasteiger partial charge >= 0.3 is 12.1 Å². The Labute approximate surface area is 207 Å². The van der Waals surface area contributed by atoms with Crippen LogP contribution in [0.5, 0.6) is 0 Å². The molecule has 1 unspecified atom stereocenters. The van der Waals surface area contributed by atoms with Gasteiger partial charge in [-0.05, 0) is 46.2 Å². The van der Waals surface area contributed by atoms with Gasteiger partial charge in [0.2, 0.25) is 6.35 Å². The average Bonchev–Trinajstić information content (AvgIpc) is 2.75. The molecule has 0 aliphatic rings. The van der Waals surface area contributed by atoms with E-state index >= 15 is 0 Å². The molecule has 0 bridgehead atoms. The third-order valence-electron chi connectivity index (χ3n) is 4.37. The highest BCUT2D eigenvalue weighted by molar-refractivity contribution is 6.33. The monoisotopic (exact) mass is 510 g/mol. The molecule has 1 atom stereocenters. The van der Waals surface area contributed by atoms with Gasteiger partial charge in [-0.3, -0.25) is 9.69 Å². The topological polar surface area (TPSA) is 131 Å². The molecule has 35 heavy (non-hydrogen) atoms. The number of anilines is 1. The second kappa shape index (κ2) is 11.9. The van der Waals surface area contributed by atoms with Gasteiger partial charge < -0.3 is 19.9 Å². The number of halogens is 2. The van der Waals surface area contributed by atoms with Crippen LogP contribution in [0.25, 0.3) is 11.4 Å². The molecule has 0 spiro atoms. The molecular formula is C23H28ClFN4O6. The first-order valence-corrected chi connectivity index (χ1v) is 11.2. The first kappa shape index (κ1) is 27.9. The third-order valence-corrected chi connectivity index (χ3v) is 4.68. The van der Waals surface area contributed by atoms with Crippen LogP contribution >= 0.6 is 11.6 Å². The number of esters is 1. The molecule has 1 aromatic heterocycles. The molecule has 2 N–H and O–H groups in total. The highest BCUT2D eigenvalue weighted by Crippen LogP contribution is 2.31. The van der Waals surface area contributed by atoms with Gasteiger partial charge in [-0.1, -0.05) is 24.6 Å². The summed E-state index contributed by atoms with van der Waals surface area (Å²) in [5.41, 5.74) is -1.89. The summed E-state index contributed by atoms with van der Waals surface area (Å²) in [7, 11) is 0. The number of aromatic nitrogens is 2. The van der Waals surface area contributed by atoms with E-state index in [0.29, 0.717) is 6.42 Å². The number of carbonyl (C=O) groups excluding carboxylic acids is 3. The molecule has 1 aromatic carbocycles. The van der Waals surface area contributed by atoms with Crippen molar-refractivity contribution < 1.29 is 33.4 Å². The van der Waals surface area contributed by atoms with Gasteiger partial charge in [-0.25, -0.2) is 23.9 Å². The van der Waals surface area contributed by atoms with Crippen LogP contribution in [-0.4, -0.2) is 63.4 Å². The molecule has 0 aliphatic heterocycles. The number of aliphatic hydroxyl groups is 1. The molecule has 2 rings (SSSR count). The molecular weight excluding hydrogens is 483 g/mol. The van der Waals surface area contributed by atoms with Gasteiger partial charge in [-0.2, -0.15) is 0 Å². The summed E-state index contributed by atoms with van der Waals surface area (Å²) in [4.78, 5) is 46.2. The highest BCUT2D eigenvalue weighted by atomic mass is 35.5. The fraction of sp³-hybridized carbons (Fsp3) is 0.435. The zero-order chi connectivity index (χ0) is 26.3. The Balaban J connectivity index is 2.63. The van der Waals surface area contributed by atoms with Crippen molar-refractivity contribution in [2.45, 2.75) is 53.0 Å². The number of nitrogens with zero attached hydrogens (tertiary/aromatic N) is 3. The zero-order valence-corrected chi connectivity index (χ0v) is 20.9. The van der Waals surface area contributed by atoms with Gasteiger partial charge in [0, 0.05) is 6.54 Å². The smallest absolute Gasteiger partial charge is 0.413 e. The van der Waals surface area contributed by atoms with Gasteiger partial charge in [0.25, 0.3) is 0 Å². The summed E-state index contributed by atoms with van der Waals surface area (Å²) in [6.07, 6.45) is -1.85. The minimum absolute atomic E-state index is 0.0279. The quantitative estimate of drug-likeness (QED) is 0.288. The Morgan fingerprint density at radius 1 is 1.29 bits per heavy atom. The van der Waals surface area contributed by atoms with E-state index in [-0.39, 0.29) is 41.7 Å². The predicted molar refractivity (Wildman–Crippen MR) is 127 cm³/mol. The first-order chi connectivity index (χ1) is 16.4. The van der Waals surface area contributed by atoms with Crippen molar-refractivity contribution >= 4 is 35.8 Å². The maximum atomic E-state index is 14.6. The van der Waals surface area contributed by atoms with Crippen molar-refractivity contribution in [1.29, 1.82) is 0 Å². The molecule has 12 heteroatoms.